The lowest BCUT2D eigenvalue weighted by Crippen LogP contribution is -2.34. The lowest BCUT2D eigenvalue weighted by Gasteiger charge is -2.19. The van der Waals surface area contributed by atoms with E-state index >= 15 is 0 Å². The molecule has 1 amide bonds. The van der Waals surface area contributed by atoms with E-state index in [9.17, 15) is 4.79 Å². The molecule has 2 N–H and O–H groups in total. The van der Waals surface area contributed by atoms with Gasteiger partial charge in [-0.05, 0) is 32.9 Å². The van der Waals surface area contributed by atoms with Crippen LogP contribution in [0, 0.1) is 11.3 Å². The molecule has 0 atom stereocenters. The Labute approximate surface area is 125 Å². The maximum atomic E-state index is 11.4. The van der Waals surface area contributed by atoms with Gasteiger partial charge in [-0.3, -0.25) is 0 Å². The summed E-state index contributed by atoms with van der Waals surface area (Å²) in [6, 6.07) is 7.26. The van der Waals surface area contributed by atoms with Gasteiger partial charge in [-0.1, -0.05) is 0 Å². The molecule has 21 heavy (non-hydrogen) atoms. The van der Waals surface area contributed by atoms with Crippen molar-refractivity contribution < 1.29 is 14.3 Å². The lowest BCUT2D eigenvalue weighted by molar-refractivity contribution is 0.0530. The molecule has 1 aromatic carbocycles. The van der Waals surface area contributed by atoms with Gasteiger partial charge in [-0.2, -0.15) is 5.26 Å². The standard InChI is InChI=1S/C15H21N3O3/c1-15(2,3)21-14(19)18-8-7-17-12-6-5-11(10-16)13(9-12)20-4/h5-6,9,17H,7-8H2,1-4H3,(H,18,19). The molecule has 1 aromatic rings. The third kappa shape index (κ3) is 6.04. The number of nitrogens with zero attached hydrogens (tertiary/aromatic N) is 1. The summed E-state index contributed by atoms with van der Waals surface area (Å²) in [5.41, 5.74) is 0.796. The fraction of sp³-hybridized carbons (Fsp3) is 0.467. The number of alkyl carbamates (subject to hydrolysis) is 1. The van der Waals surface area contributed by atoms with E-state index < -0.39 is 11.7 Å². The van der Waals surface area contributed by atoms with E-state index in [-0.39, 0.29) is 0 Å². The quantitative estimate of drug-likeness (QED) is 0.814. The van der Waals surface area contributed by atoms with E-state index in [4.69, 9.17) is 14.7 Å². The SMILES string of the molecule is COc1cc(NCCNC(=O)OC(C)(C)C)ccc1C#N. The van der Waals surface area contributed by atoms with Crippen LogP contribution in [-0.4, -0.2) is 31.9 Å². The maximum absolute atomic E-state index is 11.4. The largest absolute Gasteiger partial charge is 0.495 e. The monoisotopic (exact) mass is 291 g/mol. The van der Waals surface area contributed by atoms with Crippen LogP contribution in [-0.2, 0) is 4.74 Å². The number of anilines is 1. The zero-order valence-corrected chi connectivity index (χ0v) is 12.8. The first-order valence-corrected chi connectivity index (χ1v) is 6.64. The van der Waals surface area contributed by atoms with Crippen molar-refractivity contribution in [3.63, 3.8) is 0 Å². The normalized spacial score (nSPS) is 10.4. The zero-order valence-electron chi connectivity index (χ0n) is 12.8. The van der Waals surface area contributed by atoms with E-state index in [0.29, 0.717) is 24.4 Å². The number of nitriles is 1. The molecule has 0 aliphatic carbocycles. The number of ether oxygens (including phenoxy) is 2. The summed E-state index contributed by atoms with van der Waals surface area (Å²) in [5, 5.41) is 14.7. The number of hydrogen-bond acceptors (Lipinski definition) is 5. The minimum Gasteiger partial charge on any atom is -0.495 e. The molecule has 0 saturated heterocycles. The van der Waals surface area contributed by atoms with E-state index in [2.05, 4.69) is 16.7 Å². The first-order chi connectivity index (χ1) is 9.85. The number of nitrogens with one attached hydrogen (secondary N) is 2. The molecular weight excluding hydrogens is 270 g/mol. The van der Waals surface area contributed by atoms with Crippen LogP contribution in [0.1, 0.15) is 26.3 Å². The van der Waals surface area contributed by atoms with Crippen LogP contribution in [0.25, 0.3) is 0 Å². The summed E-state index contributed by atoms with van der Waals surface area (Å²) in [6.07, 6.45) is -0.443. The van der Waals surface area contributed by atoms with Crippen LogP contribution in [0.2, 0.25) is 0 Å². The first-order valence-electron chi connectivity index (χ1n) is 6.64. The highest BCUT2D eigenvalue weighted by molar-refractivity contribution is 5.67. The molecule has 0 unspecified atom stereocenters. The number of methoxy groups -OCH3 is 1. The molecule has 0 heterocycles. The molecule has 1 rings (SSSR count). The Morgan fingerprint density at radius 1 is 1.33 bits per heavy atom. The van der Waals surface area contributed by atoms with E-state index in [1.165, 1.54) is 7.11 Å². The van der Waals surface area contributed by atoms with Crippen molar-refractivity contribution in [2.75, 3.05) is 25.5 Å². The Morgan fingerprint density at radius 3 is 2.62 bits per heavy atom. The van der Waals surface area contributed by atoms with Crippen LogP contribution >= 0.6 is 0 Å². The third-order valence-corrected chi connectivity index (χ3v) is 2.44. The van der Waals surface area contributed by atoms with Crippen LogP contribution in [0.4, 0.5) is 10.5 Å². The molecule has 0 radical (unpaired) electrons. The molecule has 114 valence electrons. The highest BCUT2D eigenvalue weighted by Crippen LogP contribution is 2.22. The summed E-state index contributed by atoms with van der Waals surface area (Å²) in [5.74, 6) is 0.516. The molecular formula is C15H21N3O3. The summed E-state index contributed by atoms with van der Waals surface area (Å²) < 4.78 is 10.2. The van der Waals surface area contributed by atoms with Gasteiger partial charge in [-0.15, -0.1) is 0 Å². The highest BCUT2D eigenvalue weighted by atomic mass is 16.6. The Hall–Kier alpha value is -2.42. The van der Waals surface area contributed by atoms with E-state index in [1.54, 1.807) is 18.2 Å². The van der Waals surface area contributed by atoms with E-state index in [1.807, 2.05) is 20.8 Å². The fourth-order valence-electron chi connectivity index (χ4n) is 1.58. The Bertz CT molecular complexity index is 530. The number of carbonyl (C=O) groups excluding carboxylic acids is 1. The van der Waals surface area contributed by atoms with Gasteiger partial charge in [-0.25, -0.2) is 4.79 Å². The molecule has 0 aliphatic rings. The van der Waals surface area contributed by atoms with Gasteiger partial charge in [0.1, 0.15) is 17.4 Å². The minimum absolute atomic E-state index is 0.428. The third-order valence-electron chi connectivity index (χ3n) is 2.44. The highest BCUT2D eigenvalue weighted by Gasteiger charge is 2.15. The smallest absolute Gasteiger partial charge is 0.407 e. The van der Waals surface area contributed by atoms with Crippen LogP contribution in [0.15, 0.2) is 18.2 Å². The number of rotatable bonds is 5. The van der Waals surface area contributed by atoms with Crippen LogP contribution in [0.5, 0.6) is 5.75 Å². The van der Waals surface area contributed by atoms with Gasteiger partial charge in [0, 0.05) is 24.8 Å². The van der Waals surface area contributed by atoms with Crippen molar-refractivity contribution in [3.8, 4) is 11.8 Å². The fourth-order valence-corrected chi connectivity index (χ4v) is 1.58. The molecule has 0 aromatic heterocycles. The van der Waals surface area contributed by atoms with Gasteiger partial charge < -0.3 is 20.1 Å². The van der Waals surface area contributed by atoms with Crippen molar-refractivity contribution >= 4 is 11.8 Å². The average Bonchev–Trinajstić information content (AvgIpc) is 2.41. The van der Waals surface area contributed by atoms with Gasteiger partial charge in [0.05, 0.1) is 12.7 Å². The first kappa shape index (κ1) is 16.6. The number of hydrogen-bond donors (Lipinski definition) is 2. The average molecular weight is 291 g/mol. The van der Waals surface area contributed by atoms with Crippen molar-refractivity contribution in [1.82, 2.24) is 5.32 Å². The van der Waals surface area contributed by atoms with Crippen molar-refractivity contribution in [2.24, 2.45) is 0 Å². The van der Waals surface area contributed by atoms with Crippen molar-refractivity contribution in [2.45, 2.75) is 26.4 Å². The topological polar surface area (TPSA) is 83.4 Å². The van der Waals surface area contributed by atoms with Gasteiger partial charge in [0.15, 0.2) is 0 Å². The molecule has 0 aliphatic heterocycles. The second-order valence-corrected chi connectivity index (χ2v) is 5.38. The summed E-state index contributed by atoms with van der Waals surface area (Å²) >= 11 is 0. The molecule has 0 spiro atoms. The summed E-state index contributed by atoms with van der Waals surface area (Å²) in [4.78, 5) is 11.4. The van der Waals surface area contributed by atoms with Crippen molar-refractivity contribution in [1.29, 1.82) is 5.26 Å². The second-order valence-electron chi connectivity index (χ2n) is 5.38. The van der Waals surface area contributed by atoms with E-state index in [0.717, 1.165) is 5.69 Å². The minimum atomic E-state index is -0.502. The van der Waals surface area contributed by atoms with Crippen molar-refractivity contribution in [3.05, 3.63) is 23.8 Å². The molecule has 0 fully saturated rings. The Balaban J connectivity index is 2.40. The molecule has 0 saturated carbocycles. The zero-order chi connectivity index (χ0) is 15.9. The summed E-state index contributed by atoms with van der Waals surface area (Å²) in [6.45, 7) is 6.40. The molecule has 6 nitrogen and oxygen atoms in total. The number of amides is 1. The molecule has 6 heteroatoms. The lowest BCUT2D eigenvalue weighted by atomic mass is 10.2. The predicted octanol–water partition coefficient (Wildman–Crippen LogP) is 2.50. The summed E-state index contributed by atoms with van der Waals surface area (Å²) in [7, 11) is 1.52. The van der Waals surface area contributed by atoms with Gasteiger partial charge in [0.2, 0.25) is 0 Å². The van der Waals surface area contributed by atoms with Crippen LogP contribution in [0.3, 0.4) is 0 Å². The van der Waals surface area contributed by atoms with Gasteiger partial charge in [0.25, 0.3) is 0 Å². The Kier molecular flexibility index (Phi) is 5.85. The number of carbonyl (C=O) groups is 1. The Morgan fingerprint density at radius 2 is 2.05 bits per heavy atom. The molecule has 0 bridgehead atoms. The van der Waals surface area contributed by atoms with Gasteiger partial charge >= 0.3 is 6.09 Å². The second kappa shape index (κ2) is 7.39. The maximum Gasteiger partial charge on any atom is 0.407 e. The predicted molar refractivity (Wildman–Crippen MR) is 80.4 cm³/mol. The van der Waals surface area contributed by atoms with Crippen LogP contribution < -0.4 is 15.4 Å². The number of benzene rings is 1.